The number of piperidine rings is 1. The van der Waals surface area contributed by atoms with Crippen LogP contribution in [0.3, 0.4) is 0 Å². The minimum Gasteiger partial charge on any atom is -0.352 e. The number of carbonyl (C=O) groups excluding carboxylic acids is 2. The summed E-state index contributed by atoms with van der Waals surface area (Å²) >= 11 is 6.01. The second-order valence-electron chi connectivity index (χ2n) is 7.94. The first-order valence-electron chi connectivity index (χ1n) is 10.8. The van der Waals surface area contributed by atoms with Crippen LogP contribution in [-0.2, 0) is 21.7 Å². The SMILES string of the molecule is CCN(CC)C(=O)C1Cn2ccnc2C2(CCN(C(=O)Nc3cccc(Cl)c3)CC2)O1. The van der Waals surface area contributed by atoms with E-state index in [1.165, 1.54) is 0 Å². The highest BCUT2D eigenvalue weighted by atomic mass is 35.5. The van der Waals surface area contributed by atoms with Crippen LogP contribution in [0.5, 0.6) is 0 Å². The monoisotopic (exact) mass is 445 g/mol. The highest BCUT2D eigenvalue weighted by Gasteiger charge is 2.48. The van der Waals surface area contributed by atoms with Crippen molar-refractivity contribution >= 4 is 29.2 Å². The number of imidazole rings is 1. The van der Waals surface area contributed by atoms with Gasteiger partial charge in [-0.3, -0.25) is 4.79 Å². The van der Waals surface area contributed by atoms with Crippen molar-refractivity contribution in [3.63, 3.8) is 0 Å². The number of ether oxygens (including phenoxy) is 1. The molecule has 166 valence electrons. The molecule has 1 unspecified atom stereocenters. The van der Waals surface area contributed by atoms with E-state index < -0.39 is 11.7 Å². The number of anilines is 1. The van der Waals surface area contributed by atoms with Gasteiger partial charge < -0.3 is 24.4 Å². The molecule has 1 saturated heterocycles. The molecule has 8 nitrogen and oxygen atoms in total. The molecular weight excluding hydrogens is 418 g/mol. The third-order valence-electron chi connectivity index (χ3n) is 6.14. The van der Waals surface area contributed by atoms with Crippen LogP contribution >= 0.6 is 11.6 Å². The van der Waals surface area contributed by atoms with E-state index in [4.69, 9.17) is 16.3 Å². The highest BCUT2D eigenvalue weighted by Crippen LogP contribution is 2.40. The van der Waals surface area contributed by atoms with Crippen LogP contribution in [0.15, 0.2) is 36.7 Å². The van der Waals surface area contributed by atoms with Crippen molar-refractivity contribution in [2.24, 2.45) is 0 Å². The maximum absolute atomic E-state index is 13.0. The normalized spacial score (nSPS) is 19.7. The average Bonchev–Trinajstić information content (AvgIpc) is 3.25. The topological polar surface area (TPSA) is 79.7 Å². The van der Waals surface area contributed by atoms with Gasteiger partial charge in [-0.2, -0.15) is 0 Å². The van der Waals surface area contributed by atoms with Gasteiger partial charge in [0.1, 0.15) is 11.4 Å². The quantitative estimate of drug-likeness (QED) is 0.782. The minimum absolute atomic E-state index is 0.00449. The summed E-state index contributed by atoms with van der Waals surface area (Å²) in [6.45, 7) is 6.72. The molecule has 9 heteroatoms. The maximum atomic E-state index is 13.0. The first-order valence-corrected chi connectivity index (χ1v) is 11.1. The zero-order valence-electron chi connectivity index (χ0n) is 17.9. The zero-order chi connectivity index (χ0) is 22.0. The van der Waals surface area contributed by atoms with Crippen LogP contribution in [0.25, 0.3) is 0 Å². The lowest BCUT2D eigenvalue weighted by Gasteiger charge is -2.46. The first-order chi connectivity index (χ1) is 15.0. The number of likely N-dealkylation sites (tertiary alicyclic amines) is 1. The van der Waals surface area contributed by atoms with Crippen molar-refractivity contribution in [1.29, 1.82) is 0 Å². The molecule has 1 aromatic carbocycles. The third-order valence-corrected chi connectivity index (χ3v) is 6.37. The highest BCUT2D eigenvalue weighted by molar-refractivity contribution is 6.30. The summed E-state index contributed by atoms with van der Waals surface area (Å²) in [7, 11) is 0. The van der Waals surface area contributed by atoms with Crippen molar-refractivity contribution in [3.8, 4) is 0 Å². The number of likely N-dealkylation sites (N-methyl/N-ethyl adjacent to an activating group) is 1. The van der Waals surface area contributed by atoms with Crippen molar-refractivity contribution in [2.75, 3.05) is 31.5 Å². The van der Waals surface area contributed by atoms with Gasteiger partial charge in [-0.15, -0.1) is 0 Å². The maximum Gasteiger partial charge on any atom is 0.321 e. The molecular formula is C22H28ClN5O3. The predicted molar refractivity (Wildman–Crippen MR) is 118 cm³/mol. The summed E-state index contributed by atoms with van der Waals surface area (Å²) in [6.07, 6.45) is 4.27. The summed E-state index contributed by atoms with van der Waals surface area (Å²) in [5.74, 6) is 0.843. The number of halogens is 1. The summed E-state index contributed by atoms with van der Waals surface area (Å²) in [6, 6.07) is 6.91. The number of hydrogen-bond acceptors (Lipinski definition) is 4. The predicted octanol–water partition coefficient (Wildman–Crippen LogP) is 3.33. The standard InChI is InChI=1S/C22H28ClN5O3/c1-3-26(4-2)19(29)18-15-28-13-10-24-20(28)22(31-18)8-11-27(12-9-22)21(30)25-17-7-5-6-16(23)14-17/h5-7,10,13-14,18H,3-4,8-9,11-12,15H2,1-2H3,(H,25,30). The van der Waals surface area contributed by atoms with Crippen LogP contribution in [0.4, 0.5) is 10.5 Å². The Balaban J connectivity index is 1.47. The van der Waals surface area contributed by atoms with E-state index in [1.807, 2.05) is 24.6 Å². The van der Waals surface area contributed by atoms with Crippen LogP contribution in [-0.4, -0.2) is 63.6 Å². The van der Waals surface area contributed by atoms with Crippen molar-refractivity contribution < 1.29 is 14.3 Å². The largest absolute Gasteiger partial charge is 0.352 e. The molecule has 1 fully saturated rings. The Morgan fingerprint density at radius 3 is 2.71 bits per heavy atom. The summed E-state index contributed by atoms with van der Waals surface area (Å²) < 4.78 is 8.48. The number of nitrogens with zero attached hydrogens (tertiary/aromatic N) is 4. The molecule has 1 N–H and O–H groups in total. The lowest BCUT2D eigenvalue weighted by Crippen LogP contribution is -2.55. The molecule has 31 heavy (non-hydrogen) atoms. The van der Waals surface area contributed by atoms with Gasteiger partial charge in [0.25, 0.3) is 5.91 Å². The molecule has 2 aliphatic heterocycles. The third kappa shape index (κ3) is 4.27. The van der Waals surface area contributed by atoms with Crippen LogP contribution < -0.4 is 5.32 Å². The van der Waals surface area contributed by atoms with Crippen LogP contribution in [0.2, 0.25) is 5.02 Å². The lowest BCUT2D eigenvalue weighted by molar-refractivity contribution is -0.179. The molecule has 2 aromatic rings. The molecule has 0 radical (unpaired) electrons. The minimum atomic E-state index is -0.665. The van der Waals surface area contributed by atoms with E-state index in [0.29, 0.717) is 56.3 Å². The smallest absolute Gasteiger partial charge is 0.321 e. The number of fused-ring (bicyclic) bond motifs is 2. The van der Waals surface area contributed by atoms with Crippen molar-refractivity contribution in [3.05, 3.63) is 47.5 Å². The van der Waals surface area contributed by atoms with Crippen LogP contribution in [0, 0.1) is 0 Å². The Bertz CT molecular complexity index is 950. The van der Waals surface area contributed by atoms with Gasteiger partial charge in [0, 0.05) is 62.1 Å². The summed E-state index contributed by atoms with van der Waals surface area (Å²) in [5, 5.41) is 3.47. The van der Waals surface area contributed by atoms with Gasteiger partial charge in [0.05, 0.1) is 6.54 Å². The number of amides is 3. The summed E-state index contributed by atoms with van der Waals surface area (Å²) in [5.41, 5.74) is -0.00524. The Kier molecular flexibility index (Phi) is 6.20. The number of rotatable bonds is 4. The molecule has 4 rings (SSSR count). The Morgan fingerprint density at radius 1 is 1.29 bits per heavy atom. The Hall–Kier alpha value is -2.58. The first kappa shape index (κ1) is 21.6. The molecule has 0 saturated carbocycles. The van der Waals surface area contributed by atoms with Gasteiger partial charge in [-0.25, -0.2) is 9.78 Å². The molecule has 1 spiro atoms. The second kappa shape index (κ2) is 8.88. The van der Waals surface area contributed by atoms with Gasteiger partial charge in [-0.05, 0) is 32.0 Å². The van der Waals surface area contributed by atoms with E-state index in [-0.39, 0.29) is 11.9 Å². The number of urea groups is 1. The molecule has 2 aliphatic rings. The van der Waals surface area contributed by atoms with E-state index in [9.17, 15) is 9.59 Å². The molecule has 3 amide bonds. The molecule has 1 atom stereocenters. The van der Waals surface area contributed by atoms with Crippen molar-refractivity contribution in [2.45, 2.75) is 44.9 Å². The van der Waals surface area contributed by atoms with Gasteiger partial charge in [-0.1, -0.05) is 17.7 Å². The zero-order valence-corrected chi connectivity index (χ0v) is 18.6. The second-order valence-corrected chi connectivity index (χ2v) is 8.38. The number of aromatic nitrogens is 2. The fourth-order valence-electron chi connectivity index (χ4n) is 4.45. The van der Waals surface area contributed by atoms with Gasteiger partial charge in [0.2, 0.25) is 0 Å². The average molecular weight is 446 g/mol. The van der Waals surface area contributed by atoms with E-state index >= 15 is 0 Å². The number of benzene rings is 1. The molecule has 3 heterocycles. The summed E-state index contributed by atoms with van der Waals surface area (Å²) in [4.78, 5) is 33.8. The molecule has 1 aromatic heterocycles. The van der Waals surface area contributed by atoms with E-state index in [1.54, 1.807) is 40.3 Å². The Labute approximate surface area is 187 Å². The van der Waals surface area contributed by atoms with Gasteiger partial charge >= 0.3 is 6.03 Å². The van der Waals surface area contributed by atoms with E-state index in [2.05, 4.69) is 10.3 Å². The van der Waals surface area contributed by atoms with Gasteiger partial charge in [0.15, 0.2) is 6.10 Å². The number of hydrogen-bond donors (Lipinski definition) is 1. The fourth-order valence-corrected chi connectivity index (χ4v) is 4.64. The number of nitrogens with one attached hydrogen (secondary N) is 1. The fraction of sp³-hybridized carbons (Fsp3) is 0.500. The number of carbonyl (C=O) groups is 2. The Morgan fingerprint density at radius 2 is 2.03 bits per heavy atom. The van der Waals surface area contributed by atoms with E-state index in [0.717, 1.165) is 5.82 Å². The molecule has 0 aliphatic carbocycles. The molecule has 0 bridgehead atoms. The van der Waals surface area contributed by atoms with Crippen molar-refractivity contribution in [1.82, 2.24) is 19.4 Å². The van der Waals surface area contributed by atoms with Crippen LogP contribution in [0.1, 0.15) is 32.5 Å². The lowest BCUT2D eigenvalue weighted by atomic mass is 9.88.